The van der Waals surface area contributed by atoms with Crippen molar-refractivity contribution in [2.45, 2.75) is 40.0 Å². The van der Waals surface area contributed by atoms with E-state index in [9.17, 15) is 4.79 Å². The van der Waals surface area contributed by atoms with Gasteiger partial charge in [-0.2, -0.15) is 0 Å². The zero-order valence-electron chi connectivity index (χ0n) is 16.6. The highest BCUT2D eigenvalue weighted by atomic mass is 16.1. The zero-order chi connectivity index (χ0) is 19.6. The number of rotatable bonds is 3. The van der Waals surface area contributed by atoms with Gasteiger partial charge in [-0.1, -0.05) is 50.6 Å². The lowest BCUT2D eigenvalue weighted by atomic mass is 9.87. The van der Waals surface area contributed by atoms with Crippen LogP contribution in [0.1, 0.15) is 47.8 Å². The van der Waals surface area contributed by atoms with Crippen LogP contribution in [-0.4, -0.2) is 10.9 Å². The minimum absolute atomic E-state index is 0.0373. The third kappa shape index (κ3) is 4.43. The van der Waals surface area contributed by atoms with Crippen LogP contribution in [0.25, 0.3) is 11.3 Å². The Kier molecular flexibility index (Phi) is 5.13. The van der Waals surface area contributed by atoms with E-state index < -0.39 is 0 Å². The van der Waals surface area contributed by atoms with E-state index in [1.165, 1.54) is 16.7 Å². The SMILES string of the molecule is Cc1ccc(C)c(-c2ccc(C(=O)Nc3cccc(C(C)(C)C)c3)cn2)c1. The Balaban J connectivity index is 1.79. The van der Waals surface area contributed by atoms with Gasteiger partial charge >= 0.3 is 0 Å². The first-order valence-corrected chi connectivity index (χ1v) is 9.19. The lowest BCUT2D eigenvalue weighted by Crippen LogP contribution is -2.15. The van der Waals surface area contributed by atoms with Crippen LogP contribution < -0.4 is 5.32 Å². The van der Waals surface area contributed by atoms with Crippen LogP contribution in [0.5, 0.6) is 0 Å². The number of aryl methyl sites for hydroxylation is 2. The number of nitrogens with zero attached hydrogens (tertiary/aromatic N) is 1. The summed E-state index contributed by atoms with van der Waals surface area (Å²) in [5.41, 5.74) is 6.90. The number of aromatic nitrogens is 1. The van der Waals surface area contributed by atoms with Gasteiger partial charge in [0.1, 0.15) is 0 Å². The fraction of sp³-hybridized carbons (Fsp3) is 0.250. The highest BCUT2D eigenvalue weighted by Gasteiger charge is 2.15. The highest BCUT2D eigenvalue weighted by molar-refractivity contribution is 6.04. The number of nitrogens with one attached hydrogen (secondary N) is 1. The van der Waals surface area contributed by atoms with Gasteiger partial charge in [-0.05, 0) is 60.7 Å². The first-order chi connectivity index (χ1) is 12.7. The maximum Gasteiger partial charge on any atom is 0.257 e. The van der Waals surface area contributed by atoms with Crippen LogP contribution in [-0.2, 0) is 5.41 Å². The van der Waals surface area contributed by atoms with Gasteiger partial charge in [0.2, 0.25) is 0 Å². The molecule has 0 atom stereocenters. The van der Waals surface area contributed by atoms with Crippen molar-refractivity contribution < 1.29 is 4.79 Å². The zero-order valence-corrected chi connectivity index (χ0v) is 16.6. The Bertz CT molecular complexity index is 966. The van der Waals surface area contributed by atoms with E-state index in [4.69, 9.17) is 0 Å². The van der Waals surface area contributed by atoms with Gasteiger partial charge in [-0.15, -0.1) is 0 Å². The Hall–Kier alpha value is -2.94. The van der Waals surface area contributed by atoms with Gasteiger partial charge in [0.25, 0.3) is 5.91 Å². The maximum absolute atomic E-state index is 12.6. The minimum atomic E-state index is -0.152. The number of amides is 1. The number of carbonyl (C=O) groups excluding carboxylic acids is 1. The summed E-state index contributed by atoms with van der Waals surface area (Å²) in [4.78, 5) is 17.1. The predicted molar refractivity (Wildman–Crippen MR) is 112 cm³/mol. The molecule has 3 aromatic rings. The predicted octanol–water partition coefficient (Wildman–Crippen LogP) is 5.92. The highest BCUT2D eigenvalue weighted by Crippen LogP contribution is 2.25. The maximum atomic E-state index is 12.6. The molecule has 0 aliphatic carbocycles. The summed E-state index contributed by atoms with van der Waals surface area (Å²) in [6, 6.07) is 18.0. The van der Waals surface area contributed by atoms with E-state index in [1.54, 1.807) is 6.20 Å². The van der Waals surface area contributed by atoms with Crippen molar-refractivity contribution in [3.05, 3.63) is 83.0 Å². The molecule has 1 aromatic heterocycles. The number of pyridine rings is 1. The van der Waals surface area contributed by atoms with E-state index in [-0.39, 0.29) is 11.3 Å². The molecule has 3 nitrogen and oxygen atoms in total. The summed E-state index contributed by atoms with van der Waals surface area (Å²) in [5, 5.41) is 2.97. The average Bonchev–Trinajstić information content (AvgIpc) is 2.63. The molecule has 3 heteroatoms. The van der Waals surface area contributed by atoms with Gasteiger partial charge in [0, 0.05) is 17.4 Å². The standard InChI is InChI=1S/C24H26N2O/c1-16-9-10-17(2)21(13-16)22-12-11-18(15-25-22)23(27)26-20-8-6-7-19(14-20)24(3,4)5/h6-15H,1-5H3,(H,26,27). The molecular weight excluding hydrogens is 332 g/mol. The number of hydrogen-bond donors (Lipinski definition) is 1. The topological polar surface area (TPSA) is 42.0 Å². The van der Waals surface area contributed by atoms with Gasteiger partial charge < -0.3 is 5.32 Å². The van der Waals surface area contributed by atoms with Crippen molar-refractivity contribution in [3.8, 4) is 11.3 Å². The number of hydrogen-bond acceptors (Lipinski definition) is 2. The van der Waals surface area contributed by atoms with Crippen molar-refractivity contribution in [2.24, 2.45) is 0 Å². The number of anilines is 1. The molecular formula is C24H26N2O. The fourth-order valence-corrected chi connectivity index (χ4v) is 2.97. The molecule has 0 aliphatic heterocycles. The normalized spacial score (nSPS) is 11.3. The minimum Gasteiger partial charge on any atom is -0.322 e. The second kappa shape index (κ2) is 7.36. The lowest BCUT2D eigenvalue weighted by molar-refractivity contribution is 0.102. The Morgan fingerprint density at radius 1 is 0.963 bits per heavy atom. The molecule has 0 aliphatic rings. The Labute approximate surface area is 161 Å². The molecule has 0 saturated carbocycles. The molecule has 0 radical (unpaired) electrons. The van der Waals surface area contributed by atoms with Gasteiger partial charge in [0.05, 0.1) is 11.3 Å². The molecule has 0 unspecified atom stereocenters. The molecule has 0 spiro atoms. The quantitative estimate of drug-likeness (QED) is 0.632. The second-order valence-electron chi connectivity index (χ2n) is 8.04. The van der Waals surface area contributed by atoms with Crippen LogP contribution in [0, 0.1) is 13.8 Å². The summed E-state index contributed by atoms with van der Waals surface area (Å²) >= 11 is 0. The van der Waals surface area contributed by atoms with Gasteiger partial charge in [-0.3, -0.25) is 9.78 Å². The average molecular weight is 358 g/mol. The fourth-order valence-electron chi connectivity index (χ4n) is 2.97. The molecule has 0 bridgehead atoms. The number of benzene rings is 2. The molecule has 1 N–H and O–H groups in total. The van der Waals surface area contributed by atoms with Crippen LogP contribution in [0.15, 0.2) is 60.8 Å². The summed E-state index contributed by atoms with van der Waals surface area (Å²) < 4.78 is 0. The van der Waals surface area contributed by atoms with Gasteiger partial charge in [-0.25, -0.2) is 0 Å². The third-order valence-corrected chi connectivity index (χ3v) is 4.68. The van der Waals surface area contributed by atoms with Crippen molar-refractivity contribution in [3.63, 3.8) is 0 Å². The smallest absolute Gasteiger partial charge is 0.257 e. The van der Waals surface area contributed by atoms with E-state index in [0.29, 0.717) is 5.56 Å². The summed E-state index contributed by atoms with van der Waals surface area (Å²) in [5.74, 6) is -0.152. The van der Waals surface area contributed by atoms with E-state index in [2.05, 4.69) is 69.2 Å². The first kappa shape index (κ1) is 18.8. The van der Waals surface area contributed by atoms with Crippen LogP contribution >= 0.6 is 0 Å². The molecule has 2 aromatic carbocycles. The summed E-state index contributed by atoms with van der Waals surface area (Å²) in [6.07, 6.45) is 1.64. The molecule has 1 heterocycles. The second-order valence-corrected chi connectivity index (χ2v) is 8.04. The van der Waals surface area contributed by atoms with Gasteiger partial charge in [0.15, 0.2) is 0 Å². The van der Waals surface area contributed by atoms with Crippen molar-refractivity contribution in [1.29, 1.82) is 0 Å². The van der Waals surface area contributed by atoms with Crippen molar-refractivity contribution in [2.75, 3.05) is 5.32 Å². The lowest BCUT2D eigenvalue weighted by Gasteiger charge is -2.19. The van der Waals surface area contributed by atoms with Crippen LogP contribution in [0.3, 0.4) is 0 Å². The Morgan fingerprint density at radius 2 is 1.74 bits per heavy atom. The number of carbonyl (C=O) groups is 1. The first-order valence-electron chi connectivity index (χ1n) is 9.19. The molecule has 3 rings (SSSR count). The largest absolute Gasteiger partial charge is 0.322 e. The molecule has 1 amide bonds. The monoisotopic (exact) mass is 358 g/mol. The third-order valence-electron chi connectivity index (χ3n) is 4.68. The van der Waals surface area contributed by atoms with Crippen LogP contribution in [0.4, 0.5) is 5.69 Å². The van der Waals surface area contributed by atoms with E-state index in [1.807, 2.05) is 30.3 Å². The molecule has 138 valence electrons. The van der Waals surface area contributed by atoms with Crippen molar-refractivity contribution >= 4 is 11.6 Å². The van der Waals surface area contributed by atoms with E-state index in [0.717, 1.165) is 16.9 Å². The van der Waals surface area contributed by atoms with E-state index >= 15 is 0 Å². The van der Waals surface area contributed by atoms with Crippen molar-refractivity contribution in [1.82, 2.24) is 4.98 Å². The molecule has 0 saturated heterocycles. The summed E-state index contributed by atoms with van der Waals surface area (Å²) in [7, 11) is 0. The summed E-state index contributed by atoms with van der Waals surface area (Å²) in [6.45, 7) is 10.6. The molecule has 0 fully saturated rings. The molecule has 27 heavy (non-hydrogen) atoms. The Morgan fingerprint density at radius 3 is 2.41 bits per heavy atom. The van der Waals surface area contributed by atoms with Crippen LogP contribution in [0.2, 0.25) is 0 Å².